The molecule has 0 aliphatic rings. The molecule has 0 aliphatic carbocycles. The van der Waals surface area contributed by atoms with Gasteiger partial charge in [-0.1, -0.05) is 30.4 Å². The molecule has 0 saturated heterocycles. The minimum Gasteiger partial charge on any atom is -0.492 e. The summed E-state index contributed by atoms with van der Waals surface area (Å²) in [4.78, 5) is 17.3. The Morgan fingerprint density at radius 3 is 2.91 bits per heavy atom. The van der Waals surface area contributed by atoms with Gasteiger partial charge in [0.1, 0.15) is 10.8 Å². The second-order valence-corrected chi connectivity index (χ2v) is 5.95. The smallest absolute Gasteiger partial charge is 0.275 e. The number of ether oxygens (including phenoxy) is 1. The summed E-state index contributed by atoms with van der Waals surface area (Å²) in [5.74, 6) is 0.791. The van der Waals surface area contributed by atoms with Crippen molar-refractivity contribution in [3.8, 4) is 5.75 Å². The van der Waals surface area contributed by atoms with E-state index in [1.165, 1.54) is 21.9 Å². The summed E-state index contributed by atoms with van der Waals surface area (Å²) >= 11 is 1.45. The Morgan fingerprint density at radius 2 is 2.13 bits per heavy atom. The molecule has 2 heterocycles. The third-order valence-electron chi connectivity index (χ3n) is 3.29. The van der Waals surface area contributed by atoms with Crippen LogP contribution in [-0.2, 0) is 13.0 Å². The van der Waals surface area contributed by atoms with E-state index in [0.717, 1.165) is 22.9 Å². The molecule has 0 saturated carbocycles. The Balaban J connectivity index is 1.83. The maximum atomic E-state index is 12.1. The summed E-state index contributed by atoms with van der Waals surface area (Å²) in [5.41, 5.74) is 1.42. The van der Waals surface area contributed by atoms with Gasteiger partial charge in [0.25, 0.3) is 5.56 Å². The molecular formula is C16H18N4O2S. The van der Waals surface area contributed by atoms with Crippen LogP contribution in [0.1, 0.15) is 24.5 Å². The largest absolute Gasteiger partial charge is 0.492 e. The minimum absolute atomic E-state index is 0.152. The highest BCUT2D eigenvalue weighted by Crippen LogP contribution is 2.24. The molecule has 0 radical (unpaired) electrons. The topological polar surface area (TPSA) is 68.5 Å². The molecule has 0 atom stereocenters. The van der Waals surface area contributed by atoms with Crippen molar-refractivity contribution in [3.05, 3.63) is 51.4 Å². The number of fused-ring (bicyclic) bond motifs is 1. The molecule has 0 unspecified atom stereocenters. The van der Waals surface area contributed by atoms with Crippen LogP contribution in [0.4, 0.5) is 5.69 Å². The second-order valence-electron chi connectivity index (χ2n) is 4.91. The van der Waals surface area contributed by atoms with E-state index in [1.54, 1.807) is 0 Å². The van der Waals surface area contributed by atoms with Crippen molar-refractivity contribution in [2.24, 2.45) is 0 Å². The summed E-state index contributed by atoms with van der Waals surface area (Å²) in [6, 6.07) is 9.23. The van der Waals surface area contributed by atoms with Crippen LogP contribution in [0.25, 0.3) is 4.96 Å². The Labute approximate surface area is 137 Å². The predicted molar refractivity (Wildman–Crippen MR) is 91.4 cm³/mol. The van der Waals surface area contributed by atoms with Crippen LogP contribution < -0.4 is 15.6 Å². The standard InChI is InChI=1S/C16H18N4O2S/c1-3-14-19-20-15(21)9-11(18-16(20)23-14)10-17-12-7-5-6-8-13(12)22-4-2/h5-9,17H,3-4,10H2,1-2H3. The lowest BCUT2D eigenvalue weighted by molar-refractivity contribution is 0.341. The molecular weight excluding hydrogens is 312 g/mol. The van der Waals surface area contributed by atoms with Gasteiger partial charge in [-0.15, -0.1) is 0 Å². The highest BCUT2D eigenvalue weighted by molar-refractivity contribution is 7.16. The molecule has 7 heteroatoms. The van der Waals surface area contributed by atoms with Crippen LogP contribution in [0.2, 0.25) is 0 Å². The van der Waals surface area contributed by atoms with Gasteiger partial charge in [-0.2, -0.15) is 9.61 Å². The Bertz CT molecular complexity index is 872. The molecule has 0 fully saturated rings. The van der Waals surface area contributed by atoms with Crippen LogP contribution in [0.5, 0.6) is 5.75 Å². The van der Waals surface area contributed by atoms with E-state index < -0.39 is 0 Å². The number of rotatable bonds is 6. The Kier molecular flexibility index (Phi) is 4.57. The normalized spacial score (nSPS) is 10.9. The highest BCUT2D eigenvalue weighted by atomic mass is 32.1. The molecule has 120 valence electrons. The predicted octanol–water partition coefficient (Wildman–Crippen LogP) is 2.72. The first-order valence-corrected chi connectivity index (χ1v) is 8.37. The van der Waals surface area contributed by atoms with E-state index in [0.29, 0.717) is 23.8 Å². The van der Waals surface area contributed by atoms with Crippen LogP contribution in [0.15, 0.2) is 35.1 Å². The molecule has 6 nitrogen and oxygen atoms in total. The van der Waals surface area contributed by atoms with Crippen molar-refractivity contribution in [1.82, 2.24) is 14.6 Å². The molecule has 2 aromatic heterocycles. The van der Waals surface area contributed by atoms with Gasteiger partial charge in [-0.25, -0.2) is 4.98 Å². The van der Waals surface area contributed by atoms with Gasteiger partial charge in [0.15, 0.2) is 0 Å². The van der Waals surface area contributed by atoms with Crippen molar-refractivity contribution in [2.75, 3.05) is 11.9 Å². The van der Waals surface area contributed by atoms with Crippen LogP contribution in [-0.4, -0.2) is 21.2 Å². The van der Waals surface area contributed by atoms with Gasteiger partial charge < -0.3 is 10.1 Å². The van der Waals surface area contributed by atoms with E-state index in [9.17, 15) is 4.79 Å². The molecule has 0 bridgehead atoms. The lowest BCUT2D eigenvalue weighted by atomic mass is 10.3. The molecule has 1 aromatic carbocycles. The van der Waals surface area contributed by atoms with E-state index in [-0.39, 0.29) is 5.56 Å². The fraction of sp³-hybridized carbons (Fsp3) is 0.312. The lowest BCUT2D eigenvalue weighted by Gasteiger charge is -2.11. The molecule has 23 heavy (non-hydrogen) atoms. The summed E-state index contributed by atoms with van der Waals surface area (Å²) in [6.07, 6.45) is 0.794. The average molecular weight is 330 g/mol. The third kappa shape index (κ3) is 3.34. The van der Waals surface area contributed by atoms with E-state index in [4.69, 9.17) is 4.74 Å². The van der Waals surface area contributed by atoms with Crippen molar-refractivity contribution in [3.63, 3.8) is 0 Å². The van der Waals surface area contributed by atoms with Gasteiger partial charge in [0.05, 0.1) is 24.5 Å². The molecule has 0 aliphatic heterocycles. The van der Waals surface area contributed by atoms with Crippen LogP contribution in [0, 0.1) is 0 Å². The van der Waals surface area contributed by atoms with E-state index >= 15 is 0 Å². The number of nitrogens with zero attached hydrogens (tertiary/aromatic N) is 3. The average Bonchev–Trinajstić information content (AvgIpc) is 2.98. The van der Waals surface area contributed by atoms with Gasteiger partial charge in [-0.05, 0) is 25.5 Å². The first-order chi connectivity index (χ1) is 11.2. The Hall–Kier alpha value is -2.41. The lowest BCUT2D eigenvalue weighted by Crippen LogP contribution is -2.17. The van der Waals surface area contributed by atoms with Gasteiger partial charge in [0.2, 0.25) is 4.96 Å². The van der Waals surface area contributed by atoms with Gasteiger partial charge >= 0.3 is 0 Å². The van der Waals surface area contributed by atoms with Crippen molar-refractivity contribution in [2.45, 2.75) is 26.8 Å². The number of aromatic nitrogens is 3. The number of aryl methyl sites for hydroxylation is 1. The zero-order valence-corrected chi connectivity index (χ0v) is 13.9. The first-order valence-electron chi connectivity index (χ1n) is 7.55. The second kappa shape index (κ2) is 6.78. The molecule has 3 aromatic rings. The maximum absolute atomic E-state index is 12.1. The summed E-state index contributed by atoms with van der Waals surface area (Å²) in [5, 5.41) is 8.43. The highest BCUT2D eigenvalue weighted by Gasteiger charge is 2.09. The number of nitrogens with one attached hydrogen (secondary N) is 1. The van der Waals surface area contributed by atoms with Crippen LogP contribution >= 0.6 is 11.3 Å². The van der Waals surface area contributed by atoms with Crippen molar-refractivity contribution < 1.29 is 4.74 Å². The van der Waals surface area contributed by atoms with Crippen molar-refractivity contribution in [1.29, 1.82) is 0 Å². The SMILES string of the molecule is CCOc1ccccc1NCc1cc(=O)n2nc(CC)sc2n1. The number of hydrogen-bond donors (Lipinski definition) is 1. The zero-order valence-electron chi connectivity index (χ0n) is 13.1. The molecule has 3 rings (SSSR count). The van der Waals surface area contributed by atoms with E-state index in [2.05, 4.69) is 15.4 Å². The molecule has 1 N–H and O–H groups in total. The number of benzene rings is 1. The fourth-order valence-electron chi connectivity index (χ4n) is 2.21. The summed E-state index contributed by atoms with van der Waals surface area (Å²) in [7, 11) is 0. The maximum Gasteiger partial charge on any atom is 0.275 e. The fourth-order valence-corrected chi connectivity index (χ4v) is 3.07. The van der Waals surface area contributed by atoms with Gasteiger partial charge in [-0.3, -0.25) is 4.79 Å². The summed E-state index contributed by atoms with van der Waals surface area (Å²) in [6.45, 7) is 5.01. The van der Waals surface area contributed by atoms with Gasteiger partial charge in [0, 0.05) is 6.07 Å². The molecule has 0 spiro atoms. The molecule has 0 amide bonds. The zero-order chi connectivity index (χ0) is 16.2. The Morgan fingerprint density at radius 1 is 1.30 bits per heavy atom. The van der Waals surface area contributed by atoms with Crippen LogP contribution in [0.3, 0.4) is 0 Å². The number of para-hydroxylation sites is 2. The quantitative estimate of drug-likeness (QED) is 0.752. The number of hydrogen-bond acceptors (Lipinski definition) is 6. The first kappa shape index (κ1) is 15.5. The summed E-state index contributed by atoms with van der Waals surface area (Å²) < 4.78 is 6.94. The van der Waals surface area contributed by atoms with E-state index in [1.807, 2.05) is 38.1 Å². The number of anilines is 1. The van der Waals surface area contributed by atoms with Crippen molar-refractivity contribution >= 4 is 22.0 Å². The monoisotopic (exact) mass is 330 g/mol. The third-order valence-corrected chi connectivity index (χ3v) is 4.34. The minimum atomic E-state index is -0.152.